The van der Waals surface area contributed by atoms with Gasteiger partial charge in [-0.15, -0.1) is 0 Å². The van der Waals surface area contributed by atoms with Gasteiger partial charge < -0.3 is 0 Å². The average Bonchev–Trinajstić information content (AvgIpc) is 2.08. The summed E-state index contributed by atoms with van der Waals surface area (Å²) in [6.07, 6.45) is 0. The molecular weight excluding hydrogens is 407 g/mol. The molecule has 3 nitrogen and oxygen atoms in total. The van der Waals surface area contributed by atoms with Crippen LogP contribution in [0.15, 0.2) is 2.97 Å². The Morgan fingerprint density at radius 1 is 0.714 bits per heavy atom. The van der Waals surface area contributed by atoms with Gasteiger partial charge in [0.2, 0.25) is 0 Å². The summed E-state index contributed by atoms with van der Waals surface area (Å²) in [5.41, 5.74) is 0. The summed E-state index contributed by atoms with van der Waals surface area (Å²) in [6, 6.07) is 1.59. The molecule has 0 aromatic rings. The first-order valence-corrected chi connectivity index (χ1v) is 20.5. The Morgan fingerprint density at radius 3 is 1.10 bits per heavy atom. The van der Waals surface area contributed by atoms with Crippen LogP contribution in [0.4, 0.5) is 0 Å². The summed E-state index contributed by atoms with van der Waals surface area (Å²) in [4.78, 5) is 7.05. The van der Waals surface area contributed by atoms with Gasteiger partial charge in [-0.25, -0.2) is 0 Å². The molecule has 0 aliphatic heterocycles. The van der Waals surface area contributed by atoms with E-state index in [1.54, 1.807) is 0 Å². The number of hydrogen-bond acceptors (Lipinski definition) is 1. The van der Waals surface area contributed by atoms with Crippen molar-refractivity contribution in [1.29, 1.82) is 0 Å². The molecule has 0 amide bonds. The van der Waals surface area contributed by atoms with Gasteiger partial charge in [0.25, 0.3) is 0 Å². The molecule has 0 rings (SSSR count). The maximum atomic E-state index is 7.38. The molecule has 0 spiro atoms. The third kappa shape index (κ3) is 6.33. The first kappa shape index (κ1) is 22.2. The number of halogens is 1. The van der Waals surface area contributed by atoms with E-state index in [0.717, 1.165) is 0 Å². The van der Waals surface area contributed by atoms with Crippen LogP contribution in [0.2, 0.25) is 14.8 Å². The van der Waals surface area contributed by atoms with Crippen LogP contribution in [0.5, 0.6) is 0 Å². The first-order valence-electron chi connectivity index (χ1n) is 8.14. The van der Waals surface area contributed by atoms with Crippen LogP contribution in [0, 0.1) is 0 Å². The summed E-state index contributed by atoms with van der Waals surface area (Å²) in [5.74, 6) is 0. The number of nitrogens with zero attached hydrogens (tertiary/aromatic N) is 3. The zero-order valence-corrected chi connectivity index (χ0v) is 20.5. The Morgan fingerprint density at radius 2 is 0.952 bits per heavy atom. The van der Waals surface area contributed by atoms with Crippen LogP contribution in [0.25, 0.3) is 0 Å². The molecule has 0 aromatic heterocycles. The van der Waals surface area contributed by atoms with Crippen LogP contribution in [-0.4, -0.2) is 52.2 Å². The van der Waals surface area contributed by atoms with Crippen LogP contribution in [-0.2, 0) is 0 Å². The number of rotatable bonds is 7. The third-order valence-corrected chi connectivity index (χ3v) is 16.9. The predicted octanol–water partition coefficient (Wildman–Crippen LogP) is 6.24. The number of hydrogen-bond donors (Lipinski definition) is 0. The summed E-state index contributed by atoms with van der Waals surface area (Å²) in [7, 11) is 0. The molecule has 0 unspecified atom stereocenters. The van der Waals surface area contributed by atoms with Crippen molar-refractivity contribution in [3.05, 3.63) is 0 Å². The summed E-state index contributed by atoms with van der Waals surface area (Å²) < 4.78 is 10.3. The van der Waals surface area contributed by atoms with Gasteiger partial charge in [0.1, 0.15) is 0 Å². The van der Waals surface area contributed by atoms with Crippen LogP contribution in [0.3, 0.4) is 0 Å². The second-order valence-electron chi connectivity index (χ2n) is 7.90. The molecule has 0 aliphatic rings. The molecule has 0 aromatic carbocycles. The zero-order chi connectivity index (χ0) is 17.2. The summed E-state index contributed by atoms with van der Waals surface area (Å²) in [5, 5.41) is 0. The fourth-order valence-electron chi connectivity index (χ4n) is 2.97. The topological polar surface area (TPSA) is 18.8 Å². The van der Waals surface area contributed by atoms with E-state index in [2.05, 4.69) is 79.5 Å². The van der Waals surface area contributed by atoms with E-state index in [-0.39, 0.29) is 0 Å². The van der Waals surface area contributed by atoms with Crippen molar-refractivity contribution >= 4 is 36.6 Å². The van der Waals surface area contributed by atoms with Crippen LogP contribution in [0.1, 0.15) is 55.4 Å². The summed E-state index contributed by atoms with van der Waals surface area (Å²) >= 11 is 4.98. The molecule has 21 heavy (non-hydrogen) atoms. The molecule has 0 saturated carbocycles. The fraction of sp³-hybridized carbons (Fsp3) is 1.00. The monoisotopic (exact) mass is 445 g/mol. The quantitative estimate of drug-likeness (QED) is 0.342. The molecule has 0 heterocycles. The molecule has 0 radical (unpaired) electrons. The molecule has 0 fully saturated rings. The van der Waals surface area contributed by atoms with Crippen molar-refractivity contribution in [2.24, 2.45) is 2.97 Å². The SMILES string of the molecule is CC(C)N(C(C)C)P(Cl)(=[N][Sn]([CH3])([CH3])[CH3])N(C(C)C)C(C)C. The van der Waals surface area contributed by atoms with Crippen molar-refractivity contribution in [3.63, 3.8) is 0 Å². The van der Waals surface area contributed by atoms with Gasteiger partial charge in [-0.05, 0) is 0 Å². The Bertz CT molecular complexity index is 336. The van der Waals surface area contributed by atoms with Gasteiger partial charge in [0.05, 0.1) is 0 Å². The minimum atomic E-state index is -2.41. The van der Waals surface area contributed by atoms with Crippen molar-refractivity contribution < 1.29 is 0 Å². The van der Waals surface area contributed by atoms with E-state index in [1.807, 2.05) is 0 Å². The normalized spacial score (nSPS) is 14.4. The molecule has 128 valence electrons. The standard InChI is InChI=1S/C12H28ClN3P.3CH3.Sn/c1-9(2)15(10(3)4)17(13,14)16(11(5)6)12(7)8;;;;/h9-12H,1-8H3;3*1H3;/q-1;;;;+1. The van der Waals surface area contributed by atoms with Crippen LogP contribution >= 0.6 is 17.9 Å². The molecular formula is C15H37ClN3PSn. The average molecular weight is 445 g/mol. The summed E-state index contributed by atoms with van der Waals surface area (Å²) in [6.45, 7) is 15.7. The van der Waals surface area contributed by atoms with Gasteiger partial charge in [-0.2, -0.15) is 0 Å². The molecule has 0 N–H and O–H groups in total. The second-order valence-corrected chi connectivity index (χ2v) is 25.5. The zero-order valence-electron chi connectivity index (χ0n) is 16.0. The molecule has 0 saturated heterocycles. The molecule has 0 atom stereocenters. The van der Waals surface area contributed by atoms with Gasteiger partial charge in [-0.1, -0.05) is 0 Å². The van der Waals surface area contributed by atoms with Gasteiger partial charge in [-0.3, -0.25) is 0 Å². The van der Waals surface area contributed by atoms with Crippen LogP contribution < -0.4 is 0 Å². The minimum absolute atomic E-state index is 0.397. The molecule has 0 bridgehead atoms. The van der Waals surface area contributed by atoms with E-state index < -0.39 is 25.4 Å². The van der Waals surface area contributed by atoms with E-state index in [1.165, 1.54) is 0 Å². The van der Waals surface area contributed by atoms with Gasteiger partial charge >= 0.3 is 143 Å². The fourth-order valence-corrected chi connectivity index (χ4v) is 21.5. The Labute approximate surface area is 143 Å². The molecule has 0 aliphatic carbocycles. The Balaban J connectivity index is 6.32. The predicted molar refractivity (Wildman–Crippen MR) is 103 cm³/mol. The van der Waals surface area contributed by atoms with Gasteiger partial charge in [0, 0.05) is 0 Å². The van der Waals surface area contributed by atoms with Crippen molar-refractivity contribution in [2.75, 3.05) is 0 Å². The van der Waals surface area contributed by atoms with E-state index in [4.69, 9.17) is 14.2 Å². The van der Waals surface area contributed by atoms with Gasteiger partial charge in [0.15, 0.2) is 0 Å². The molecule has 6 heteroatoms. The Hall–Kier alpha value is 1.24. The van der Waals surface area contributed by atoms with Crippen molar-refractivity contribution in [1.82, 2.24) is 9.34 Å². The van der Waals surface area contributed by atoms with E-state index >= 15 is 0 Å². The van der Waals surface area contributed by atoms with Crippen molar-refractivity contribution in [3.8, 4) is 0 Å². The third-order valence-electron chi connectivity index (χ3n) is 3.13. The van der Waals surface area contributed by atoms with Crippen molar-refractivity contribution in [2.45, 2.75) is 94.4 Å². The van der Waals surface area contributed by atoms with E-state index in [9.17, 15) is 0 Å². The second kappa shape index (κ2) is 8.37. The first-order chi connectivity index (χ1) is 9.24. The Kier molecular flexibility index (Phi) is 8.86. The maximum absolute atomic E-state index is 7.38. The van der Waals surface area contributed by atoms with E-state index in [0.29, 0.717) is 24.2 Å².